The number of hydrogen-bond acceptors (Lipinski definition) is 8. The number of hydrogen-bond donors (Lipinski definition) is 1. The number of esters is 1. The zero-order valence-electron chi connectivity index (χ0n) is 18.6. The lowest BCUT2D eigenvalue weighted by atomic mass is 9.96. The molecule has 1 fully saturated rings. The van der Waals surface area contributed by atoms with Gasteiger partial charge in [0.05, 0.1) is 23.4 Å². The van der Waals surface area contributed by atoms with Crippen molar-refractivity contribution in [3.63, 3.8) is 0 Å². The van der Waals surface area contributed by atoms with E-state index in [2.05, 4.69) is 15.0 Å². The van der Waals surface area contributed by atoms with E-state index in [1.54, 1.807) is 13.4 Å². The number of anilines is 1. The summed E-state index contributed by atoms with van der Waals surface area (Å²) >= 11 is 0. The van der Waals surface area contributed by atoms with Crippen LogP contribution in [0.15, 0.2) is 41.8 Å². The average Bonchev–Trinajstić information content (AvgIpc) is 3.26. The topological polar surface area (TPSA) is 133 Å². The predicted octanol–water partition coefficient (Wildman–Crippen LogP) is 2.61. The fraction of sp³-hybridized carbons (Fsp3) is 0.455. The lowest BCUT2D eigenvalue weighted by molar-refractivity contribution is 0.0496. The lowest BCUT2D eigenvalue weighted by Crippen LogP contribution is -2.38. The molecule has 10 nitrogen and oxygen atoms in total. The van der Waals surface area contributed by atoms with Gasteiger partial charge in [-0.3, -0.25) is 0 Å². The molecular formula is C22H28N6O4S. The first kappa shape index (κ1) is 23.1. The maximum atomic E-state index is 12.9. The molecule has 0 saturated heterocycles. The molecule has 0 radical (unpaired) electrons. The molecule has 2 aromatic heterocycles. The Morgan fingerprint density at radius 2 is 1.88 bits per heavy atom. The van der Waals surface area contributed by atoms with Gasteiger partial charge in [0.25, 0.3) is 0 Å². The summed E-state index contributed by atoms with van der Waals surface area (Å²) in [4.78, 5) is 24.8. The summed E-state index contributed by atoms with van der Waals surface area (Å²) in [6.45, 7) is 0.745. The van der Waals surface area contributed by atoms with E-state index in [1.807, 2.05) is 4.57 Å². The third kappa shape index (κ3) is 4.98. The van der Waals surface area contributed by atoms with Gasteiger partial charge in [-0.2, -0.15) is 4.31 Å². The van der Waals surface area contributed by atoms with Gasteiger partial charge >= 0.3 is 5.97 Å². The largest absolute Gasteiger partial charge is 0.462 e. The van der Waals surface area contributed by atoms with E-state index >= 15 is 0 Å². The molecular weight excluding hydrogens is 444 g/mol. The van der Waals surface area contributed by atoms with E-state index in [-0.39, 0.29) is 17.5 Å². The molecule has 1 aliphatic carbocycles. The molecule has 0 bridgehead atoms. The number of carbonyl (C=O) groups excluding carboxylic acids is 1. The molecule has 33 heavy (non-hydrogen) atoms. The first-order chi connectivity index (χ1) is 15.9. The Balaban J connectivity index is 1.31. The fourth-order valence-corrected chi connectivity index (χ4v) is 5.53. The Kier molecular flexibility index (Phi) is 6.89. The van der Waals surface area contributed by atoms with E-state index in [9.17, 15) is 13.2 Å². The third-order valence-corrected chi connectivity index (χ3v) is 7.99. The zero-order chi connectivity index (χ0) is 23.4. The number of nitrogens with zero attached hydrogens (tertiary/aromatic N) is 5. The van der Waals surface area contributed by atoms with Crippen LogP contribution in [0, 0.1) is 0 Å². The SMILES string of the molecule is CN(C1CCCCC1)S(=O)(=O)c1ccc(C(=O)OCCCn2cnc3c(N)ncnc32)cc1. The number of rotatable bonds is 8. The number of ether oxygens (including phenoxy) is 1. The molecule has 3 aromatic rings. The second kappa shape index (κ2) is 9.84. The molecule has 2 N–H and O–H groups in total. The van der Waals surface area contributed by atoms with Crippen LogP contribution in [-0.2, 0) is 21.3 Å². The van der Waals surface area contributed by atoms with Gasteiger partial charge in [-0.1, -0.05) is 19.3 Å². The van der Waals surface area contributed by atoms with Crippen molar-refractivity contribution < 1.29 is 17.9 Å². The molecule has 0 amide bonds. The number of imidazole rings is 1. The summed E-state index contributed by atoms with van der Waals surface area (Å²) in [5.41, 5.74) is 7.26. The summed E-state index contributed by atoms with van der Waals surface area (Å²) < 4.78 is 34.5. The molecule has 1 saturated carbocycles. The van der Waals surface area contributed by atoms with Gasteiger partial charge in [0.2, 0.25) is 10.0 Å². The number of carbonyl (C=O) groups is 1. The molecule has 0 atom stereocenters. The van der Waals surface area contributed by atoms with E-state index in [4.69, 9.17) is 10.5 Å². The highest BCUT2D eigenvalue weighted by Gasteiger charge is 2.29. The van der Waals surface area contributed by atoms with Crippen molar-refractivity contribution in [2.75, 3.05) is 19.4 Å². The average molecular weight is 473 g/mol. The Hall–Kier alpha value is -3.05. The maximum absolute atomic E-state index is 12.9. The number of nitrogens with two attached hydrogens (primary N) is 1. The van der Waals surface area contributed by atoms with Crippen molar-refractivity contribution in [2.45, 2.75) is 56.0 Å². The van der Waals surface area contributed by atoms with Gasteiger partial charge in [-0.15, -0.1) is 0 Å². The van der Waals surface area contributed by atoms with Crippen LogP contribution in [0.2, 0.25) is 0 Å². The minimum Gasteiger partial charge on any atom is -0.462 e. The zero-order valence-corrected chi connectivity index (χ0v) is 19.4. The molecule has 1 aromatic carbocycles. The highest BCUT2D eigenvalue weighted by atomic mass is 32.2. The highest BCUT2D eigenvalue weighted by Crippen LogP contribution is 2.26. The number of sulfonamides is 1. The standard InChI is InChI=1S/C22H28N6O4S/c1-27(17-6-3-2-4-7-17)33(30,31)18-10-8-16(9-11-18)22(29)32-13-5-12-28-15-26-19-20(23)24-14-25-21(19)28/h8-11,14-15,17H,2-7,12-13H2,1H3,(H2,23,24,25). The van der Waals surface area contributed by atoms with Crippen LogP contribution in [0.1, 0.15) is 48.9 Å². The van der Waals surface area contributed by atoms with Crippen LogP contribution in [0.3, 0.4) is 0 Å². The normalized spacial score (nSPS) is 15.2. The van der Waals surface area contributed by atoms with Crippen molar-refractivity contribution in [2.24, 2.45) is 0 Å². The Labute approximate surface area is 192 Å². The predicted molar refractivity (Wildman–Crippen MR) is 123 cm³/mol. The van der Waals surface area contributed by atoms with E-state index < -0.39 is 16.0 Å². The first-order valence-electron chi connectivity index (χ1n) is 11.0. The summed E-state index contributed by atoms with van der Waals surface area (Å²) in [5, 5.41) is 0. The van der Waals surface area contributed by atoms with Crippen molar-refractivity contribution in [1.82, 2.24) is 23.8 Å². The molecule has 0 aliphatic heterocycles. The van der Waals surface area contributed by atoms with E-state index in [0.717, 1.165) is 32.1 Å². The van der Waals surface area contributed by atoms with Crippen molar-refractivity contribution in [1.29, 1.82) is 0 Å². The van der Waals surface area contributed by atoms with Crippen molar-refractivity contribution >= 4 is 33.0 Å². The van der Waals surface area contributed by atoms with Crippen molar-refractivity contribution in [3.05, 3.63) is 42.5 Å². The Bertz CT molecular complexity index is 1220. The summed E-state index contributed by atoms with van der Waals surface area (Å²) in [6, 6.07) is 5.95. The minimum absolute atomic E-state index is 0.0314. The monoisotopic (exact) mass is 472 g/mol. The second-order valence-electron chi connectivity index (χ2n) is 8.20. The van der Waals surface area contributed by atoms with Gasteiger partial charge in [0.15, 0.2) is 11.5 Å². The maximum Gasteiger partial charge on any atom is 0.338 e. The lowest BCUT2D eigenvalue weighted by Gasteiger charge is -2.30. The first-order valence-corrected chi connectivity index (χ1v) is 12.5. The molecule has 0 spiro atoms. The van der Waals surface area contributed by atoms with Crippen LogP contribution in [-0.4, -0.2) is 57.9 Å². The summed E-state index contributed by atoms with van der Waals surface area (Å²) in [7, 11) is -1.96. The third-order valence-electron chi connectivity index (χ3n) is 6.06. The van der Waals surface area contributed by atoms with Gasteiger partial charge in [-0.25, -0.2) is 28.2 Å². The van der Waals surface area contributed by atoms with Crippen LogP contribution in [0.25, 0.3) is 11.2 Å². The highest BCUT2D eigenvalue weighted by molar-refractivity contribution is 7.89. The Morgan fingerprint density at radius 3 is 2.61 bits per heavy atom. The molecule has 11 heteroatoms. The van der Waals surface area contributed by atoms with Gasteiger partial charge in [0, 0.05) is 19.6 Å². The Morgan fingerprint density at radius 1 is 1.15 bits per heavy atom. The van der Waals surface area contributed by atoms with Crippen molar-refractivity contribution in [3.8, 4) is 0 Å². The number of benzene rings is 1. The van der Waals surface area contributed by atoms with Crippen LogP contribution in [0.4, 0.5) is 5.82 Å². The molecule has 1 aliphatic rings. The van der Waals surface area contributed by atoms with Gasteiger partial charge in [0.1, 0.15) is 11.8 Å². The number of nitrogen functional groups attached to an aromatic ring is 1. The molecule has 0 unspecified atom stereocenters. The van der Waals surface area contributed by atoms with E-state index in [0.29, 0.717) is 35.5 Å². The summed E-state index contributed by atoms with van der Waals surface area (Å²) in [5.74, 6) is -0.179. The number of fused-ring (bicyclic) bond motifs is 1. The van der Waals surface area contributed by atoms with Crippen LogP contribution < -0.4 is 5.73 Å². The minimum atomic E-state index is -3.59. The molecule has 176 valence electrons. The summed E-state index contributed by atoms with van der Waals surface area (Å²) in [6.07, 6.45) is 8.59. The fourth-order valence-electron chi connectivity index (χ4n) is 4.12. The van der Waals surface area contributed by atoms with Gasteiger partial charge < -0.3 is 15.0 Å². The van der Waals surface area contributed by atoms with Gasteiger partial charge in [-0.05, 0) is 43.5 Å². The van der Waals surface area contributed by atoms with Crippen LogP contribution >= 0.6 is 0 Å². The second-order valence-corrected chi connectivity index (χ2v) is 10.2. The molecule has 2 heterocycles. The smallest absolute Gasteiger partial charge is 0.338 e. The quantitative estimate of drug-likeness (QED) is 0.391. The molecule has 4 rings (SSSR count). The number of aryl methyl sites for hydroxylation is 1. The van der Waals surface area contributed by atoms with Crippen LogP contribution in [0.5, 0.6) is 0 Å². The number of aromatic nitrogens is 4. The van der Waals surface area contributed by atoms with E-state index in [1.165, 1.54) is 34.9 Å².